The van der Waals surface area contributed by atoms with Gasteiger partial charge in [0.25, 0.3) is 11.8 Å². The normalized spacial score (nSPS) is 18.0. The van der Waals surface area contributed by atoms with E-state index in [0.717, 1.165) is 37.4 Å². The Bertz CT molecular complexity index is 814. The maximum absolute atomic E-state index is 13.0. The molecule has 0 atom stereocenters. The van der Waals surface area contributed by atoms with Crippen molar-refractivity contribution < 1.29 is 19.1 Å². The fourth-order valence-electron chi connectivity index (χ4n) is 3.43. The molecule has 1 fully saturated rings. The first-order chi connectivity index (χ1) is 14.0. The summed E-state index contributed by atoms with van der Waals surface area (Å²) in [6.45, 7) is 8.37. The summed E-state index contributed by atoms with van der Waals surface area (Å²) in [6, 6.07) is 6.23. The molecule has 156 valence electrons. The highest BCUT2D eigenvalue weighted by atomic mass is 35.5. The van der Waals surface area contributed by atoms with Crippen molar-refractivity contribution in [1.29, 1.82) is 0 Å². The van der Waals surface area contributed by atoms with Crippen LogP contribution in [0.4, 0.5) is 5.69 Å². The smallest absolute Gasteiger partial charge is 0.338 e. The maximum Gasteiger partial charge on any atom is 0.338 e. The molecule has 8 heteroatoms. The molecule has 0 N–H and O–H groups in total. The zero-order chi connectivity index (χ0) is 21.0. The van der Waals surface area contributed by atoms with Gasteiger partial charge in [0.15, 0.2) is 0 Å². The van der Waals surface area contributed by atoms with E-state index in [-0.39, 0.29) is 10.7 Å². The number of carbonyl (C=O) groups excluding carboxylic acids is 3. The fourth-order valence-corrected chi connectivity index (χ4v) is 3.71. The van der Waals surface area contributed by atoms with Crippen LogP contribution in [0.25, 0.3) is 0 Å². The molecule has 1 aromatic carbocycles. The zero-order valence-electron chi connectivity index (χ0n) is 16.8. The van der Waals surface area contributed by atoms with Crippen molar-refractivity contribution in [2.45, 2.75) is 26.7 Å². The molecule has 0 aliphatic carbocycles. The van der Waals surface area contributed by atoms with Gasteiger partial charge < -0.3 is 14.5 Å². The van der Waals surface area contributed by atoms with Crippen molar-refractivity contribution in [3.8, 4) is 0 Å². The first-order valence-corrected chi connectivity index (χ1v) is 10.4. The van der Waals surface area contributed by atoms with E-state index >= 15 is 0 Å². The Morgan fingerprint density at radius 2 is 1.69 bits per heavy atom. The molecule has 2 heterocycles. The lowest BCUT2D eigenvalue weighted by molar-refractivity contribution is -0.121. The number of anilines is 1. The monoisotopic (exact) mass is 419 g/mol. The summed E-state index contributed by atoms with van der Waals surface area (Å²) >= 11 is 6.26. The molecule has 2 amide bonds. The molecule has 1 saturated heterocycles. The van der Waals surface area contributed by atoms with Crippen LogP contribution < -0.4 is 4.90 Å². The molecule has 0 bridgehead atoms. The minimum atomic E-state index is -0.539. The number of benzene rings is 1. The standard InChI is InChI=1S/C21H26ClN3O4/c1-3-5-14-29-21(28)15-6-8-16(9-7-15)25-19(26)17(22)18(20(25)27)24-12-10-23(4-2)11-13-24/h6-9H,3-5,10-14H2,1-2H3. The number of halogens is 1. The molecule has 0 unspecified atom stereocenters. The van der Waals surface area contributed by atoms with E-state index in [1.807, 2.05) is 11.8 Å². The number of nitrogens with zero attached hydrogens (tertiary/aromatic N) is 3. The summed E-state index contributed by atoms with van der Waals surface area (Å²) in [5.74, 6) is -1.39. The van der Waals surface area contributed by atoms with E-state index in [0.29, 0.717) is 30.9 Å². The molecule has 7 nitrogen and oxygen atoms in total. The van der Waals surface area contributed by atoms with Crippen LogP contribution in [0, 0.1) is 0 Å². The van der Waals surface area contributed by atoms with Crippen LogP contribution >= 0.6 is 11.6 Å². The molecular formula is C21H26ClN3O4. The van der Waals surface area contributed by atoms with Crippen molar-refractivity contribution in [1.82, 2.24) is 9.80 Å². The van der Waals surface area contributed by atoms with Gasteiger partial charge in [-0.3, -0.25) is 9.59 Å². The number of esters is 1. The quantitative estimate of drug-likeness (QED) is 0.384. The van der Waals surface area contributed by atoms with Crippen LogP contribution in [0.3, 0.4) is 0 Å². The average molecular weight is 420 g/mol. The van der Waals surface area contributed by atoms with E-state index in [4.69, 9.17) is 16.3 Å². The highest BCUT2D eigenvalue weighted by molar-refractivity contribution is 6.52. The first kappa shape index (κ1) is 21.3. The van der Waals surface area contributed by atoms with Gasteiger partial charge in [-0.2, -0.15) is 0 Å². The van der Waals surface area contributed by atoms with Gasteiger partial charge in [-0.1, -0.05) is 31.9 Å². The average Bonchev–Trinajstić information content (AvgIpc) is 2.96. The number of likely N-dealkylation sites (N-methyl/N-ethyl adjacent to an activating group) is 1. The Morgan fingerprint density at radius 3 is 2.28 bits per heavy atom. The van der Waals surface area contributed by atoms with Crippen molar-refractivity contribution in [3.63, 3.8) is 0 Å². The van der Waals surface area contributed by atoms with E-state index in [1.165, 1.54) is 0 Å². The van der Waals surface area contributed by atoms with Crippen LogP contribution in [-0.4, -0.2) is 66.9 Å². The molecule has 2 aliphatic rings. The Balaban J connectivity index is 1.71. The molecule has 1 aromatic rings. The van der Waals surface area contributed by atoms with Gasteiger partial charge in [0.1, 0.15) is 10.7 Å². The number of piperazine rings is 1. The second kappa shape index (κ2) is 9.41. The van der Waals surface area contributed by atoms with E-state index < -0.39 is 17.8 Å². The van der Waals surface area contributed by atoms with Crippen LogP contribution in [0.1, 0.15) is 37.0 Å². The van der Waals surface area contributed by atoms with E-state index in [9.17, 15) is 14.4 Å². The molecule has 0 spiro atoms. The highest BCUT2D eigenvalue weighted by Crippen LogP contribution is 2.31. The van der Waals surface area contributed by atoms with Crippen molar-refractivity contribution in [2.75, 3.05) is 44.2 Å². The lowest BCUT2D eigenvalue weighted by Gasteiger charge is -2.35. The van der Waals surface area contributed by atoms with Gasteiger partial charge in [-0.15, -0.1) is 0 Å². The lowest BCUT2D eigenvalue weighted by atomic mass is 10.2. The SMILES string of the molecule is CCCCOC(=O)c1ccc(N2C(=O)C(Cl)=C(N3CCN(CC)CC3)C2=O)cc1. The topological polar surface area (TPSA) is 70.2 Å². The Morgan fingerprint density at radius 1 is 1.03 bits per heavy atom. The molecule has 0 radical (unpaired) electrons. The summed E-state index contributed by atoms with van der Waals surface area (Å²) in [4.78, 5) is 42.9. The summed E-state index contributed by atoms with van der Waals surface area (Å²) in [7, 11) is 0. The number of unbranched alkanes of at least 4 members (excludes halogenated alkanes) is 1. The Kier molecular flexibility index (Phi) is 6.92. The van der Waals surface area contributed by atoms with Crippen molar-refractivity contribution in [2.24, 2.45) is 0 Å². The van der Waals surface area contributed by atoms with Gasteiger partial charge >= 0.3 is 5.97 Å². The van der Waals surface area contributed by atoms with Crippen molar-refractivity contribution >= 4 is 35.1 Å². The fraction of sp³-hybridized carbons (Fsp3) is 0.476. The molecule has 0 saturated carbocycles. The maximum atomic E-state index is 13.0. The zero-order valence-corrected chi connectivity index (χ0v) is 17.6. The third kappa shape index (κ3) is 4.46. The third-order valence-corrected chi connectivity index (χ3v) is 5.57. The first-order valence-electron chi connectivity index (χ1n) is 10.0. The largest absolute Gasteiger partial charge is 0.462 e. The predicted molar refractivity (Wildman–Crippen MR) is 111 cm³/mol. The number of amides is 2. The van der Waals surface area contributed by atoms with Crippen molar-refractivity contribution in [3.05, 3.63) is 40.6 Å². The van der Waals surface area contributed by atoms with Gasteiger partial charge in [-0.05, 0) is 37.2 Å². The number of ether oxygens (including phenoxy) is 1. The van der Waals surface area contributed by atoms with Gasteiger partial charge in [0, 0.05) is 26.2 Å². The van der Waals surface area contributed by atoms with Gasteiger partial charge in [-0.25, -0.2) is 9.69 Å². The third-order valence-electron chi connectivity index (χ3n) is 5.23. The van der Waals surface area contributed by atoms with Crippen LogP contribution in [-0.2, 0) is 14.3 Å². The van der Waals surface area contributed by atoms with Crippen LogP contribution in [0.5, 0.6) is 0 Å². The number of rotatable bonds is 7. The minimum absolute atomic E-state index is 0.0528. The predicted octanol–water partition coefficient (Wildman–Crippen LogP) is 2.60. The molecule has 29 heavy (non-hydrogen) atoms. The number of carbonyl (C=O) groups is 3. The Labute approximate surface area is 175 Å². The van der Waals surface area contributed by atoms with E-state index in [1.54, 1.807) is 24.3 Å². The minimum Gasteiger partial charge on any atom is -0.462 e. The number of hydrogen-bond donors (Lipinski definition) is 0. The van der Waals surface area contributed by atoms with Crippen LogP contribution in [0.2, 0.25) is 0 Å². The molecule has 0 aromatic heterocycles. The summed E-state index contributed by atoms with van der Waals surface area (Å²) in [6.07, 6.45) is 1.75. The number of imide groups is 1. The summed E-state index contributed by atoms with van der Waals surface area (Å²) in [5.41, 5.74) is 1.01. The summed E-state index contributed by atoms with van der Waals surface area (Å²) in [5, 5.41) is -0.0528. The molecule has 3 rings (SSSR count). The highest BCUT2D eigenvalue weighted by Gasteiger charge is 2.41. The van der Waals surface area contributed by atoms with E-state index in [2.05, 4.69) is 11.8 Å². The lowest BCUT2D eigenvalue weighted by Crippen LogP contribution is -2.47. The van der Waals surface area contributed by atoms with Gasteiger partial charge in [0.2, 0.25) is 0 Å². The van der Waals surface area contributed by atoms with Crippen LogP contribution in [0.15, 0.2) is 35.0 Å². The molecule has 2 aliphatic heterocycles. The Hall–Kier alpha value is -2.38. The second-order valence-electron chi connectivity index (χ2n) is 7.07. The summed E-state index contributed by atoms with van der Waals surface area (Å²) < 4.78 is 5.18. The van der Waals surface area contributed by atoms with Gasteiger partial charge in [0.05, 0.1) is 17.9 Å². The molecular weight excluding hydrogens is 394 g/mol. The number of hydrogen-bond acceptors (Lipinski definition) is 6. The second-order valence-corrected chi connectivity index (χ2v) is 7.44.